The van der Waals surface area contributed by atoms with Crippen molar-refractivity contribution in [2.24, 2.45) is 11.8 Å². The van der Waals surface area contributed by atoms with Gasteiger partial charge in [0.05, 0.1) is 17.5 Å². The number of carboxylic acids is 1. The number of thiazole rings is 1. The van der Waals surface area contributed by atoms with Crippen LogP contribution in [-0.2, 0) is 16.0 Å². The van der Waals surface area contributed by atoms with Crippen LogP contribution in [-0.4, -0.2) is 22.0 Å². The maximum absolute atomic E-state index is 12.5. The minimum absolute atomic E-state index is 0.275. The van der Waals surface area contributed by atoms with Crippen molar-refractivity contribution in [1.82, 2.24) is 4.98 Å². The normalized spacial score (nSPS) is 19.0. The van der Waals surface area contributed by atoms with E-state index in [0.29, 0.717) is 18.0 Å². The molecule has 6 heteroatoms. The van der Waals surface area contributed by atoms with Crippen LogP contribution in [0.1, 0.15) is 38.2 Å². The van der Waals surface area contributed by atoms with E-state index in [1.165, 1.54) is 29.7 Å². The van der Waals surface area contributed by atoms with Gasteiger partial charge in [-0.1, -0.05) is 49.8 Å². The van der Waals surface area contributed by atoms with Gasteiger partial charge in [-0.05, 0) is 31.2 Å². The molecule has 0 radical (unpaired) electrons. The van der Waals surface area contributed by atoms with Crippen molar-refractivity contribution < 1.29 is 14.7 Å². The van der Waals surface area contributed by atoms with Crippen molar-refractivity contribution in [3.8, 4) is 11.3 Å². The van der Waals surface area contributed by atoms with Gasteiger partial charge in [0.15, 0.2) is 5.13 Å². The minimum Gasteiger partial charge on any atom is -0.481 e. The van der Waals surface area contributed by atoms with Gasteiger partial charge in [-0.2, -0.15) is 0 Å². The number of allylic oxidation sites excluding steroid dienone is 2. The molecule has 2 N–H and O–H groups in total. The van der Waals surface area contributed by atoms with Crippen LogP contribution in [0.2, 0.25) is 0 Å². The highest BCUT2D eigenvalue weighted by atomic mass is 32.1. The van der Waals surface area contributed by atoms with Crippen LogP contribution in [0.5, 0.6) is 0 Å². The van der Waals surface area contributed by atoms with E-state index in [1.807, 2.05) is 17.5 Å². The number of aliphatic carboxylic acids is 1. The topological polar surface area (TPSA) is 79.3 Å². The number of hydrogen-bond donors (Lipinski definition) is 2. The number of hydrogen-bond acceptors (Lipinski definition) is 4. The van der Waals surface area contributed by atoms with E-state index in [-0.39, 0.29) is 5.91 Å². The summed E-state index contributed by atoms with van der Waals surface area (Å²) in [6, 6.07) is 8.35. The highest BCUT2D eigenvalue weighted by Gasteiger charge is 2.34. The lowest BCUT2D eigenvalue weighted by atomic mass is 9.82. The number of anilines is 1. The van der Waals surface area contributed by atoms with Gasteiger partial charge in [-0.15, -0.1) is 11.3 Å². The molecule has 2 aromatic rings. The second kappa shape index (κ2) is 8.95. The molecule has 0 spiro atoms. The third kappa shape index (κ3) is 4.83. The summed E-state index contributed by atoms with van der Waals surface area (Å²) in [5, 5.41) is 14.5. The smallest absolute Gasteiger partial charge is 0.307 e. The number of aromatic nitrogens is 1. The van der Waals surface area contributed by atoms with Crippen molar-refractivity contribution in [2.75, 3.05) is 5.32 Å². The number of benzene rings is 1. The average Bonchev–Trinajstić information content (AvgIpc) is 3.15. The van der Waals surface area contributed by atoms with Crippen LogP contribution < -0.4 is 5.32 Å². The standard InChI is InChI=1S/C21H24N2O3S/c1-2-3-6-14-9-11-15(12-10-14)18-13-27-21(22-18)23-19(24)16-7-4-5-8-17(16)20(25)26/h4-5,9-13,16-17H,2-3,6-8H2,1H3,(H,25,26)(H,22,23,24)/t16-,17-/m1/s1. The van der Waals surface area contributed by atoms with Crippen LogP contribution >= 0.6 is 11.3 Å². The fourth-order valence-corrected chi connectivity index (χ4v) is 3.98. The molecule has 1 aromatic carbocycles. The fourth-order valence-electron chi connectivity index (χ4n) is 3.26. The van der Waals surface area contributed by atoms with Crippen molar-refractivity contribution in [3.05, 3.63) is 47.4 Å². The number of unbranched alkanes of at least 4 members (excludes halogenated alkanes) is 1. The number of amides is 1. The molecule has 2 atom stereocenters. The van der Waals surface area contributed by atoms with Gasteiger partial charge in [0.2, 0.25) is 5.91 Å². The Labute approximate surface area is 163 Å². The summed E-state index contributed by atoms with van der Waals surface area (Å²) in [5.41, 5.74) is 3.14. The Kier molecular flexibility index (Phi) is 6.40. The van der Waals surface area contributed by atoms with E-state index in [2.05, 4.69) is 41.5 Å². The zero-order chi connectivity index (χ0) is 19.2. The van der Waals surface area contributed by atoms with Crippen LogP contribution in [0.15, 0.2) is 41.8 Å². The first kappa shape index (κ1) is 19.3. The number of nitrogens with zero attached hydrogens (tertiary/aromatic N) is 1. The molecule has 0 saturated carbocycles. The van der Waals surface area contributed by atoms with Gasteiger partial charge in [-0.3, -0.25) is 9.59 Å². The molecule has 0 aliphatic heterocycles. The van der Waals surface area contributed by atoms with Crippen molar-refractivity contribution in [1.29, 1.82) is 0 Å². The van der Waals surface area contributed by atoms with E-state index >= 15 is 0 Å². The molecule has 0 bridgehead atoms. The molecule has 27 heavy (non-hydrogen) atoms. The third-order valence-electron chi connectivity index (χ3n) is 4.89. The first-order valence-electron chi connectivity index (χ1n) is 9.32. The van der Waals surface area contributed by atoms with Gasteiger partial charge in [0, 0.05) is 10.9 Å². The van der Waals surface area contributed by atoms with Crippen molar-refractivity contribution in [2.45, 2.75) is 39.0 Å². The molecule has 1 aliphatic rings. The number of carboxylic acid groups (broad SMARTS) is 1. The molecule has 142 valence electrons. The summed E-state index contributed by atoms with van der Waals surface area (Å²) >= 11 is 1.36. The SMILES string of the molecule is CCCCc1ccc(-c2csc(NC(=O)[C@@H]3CC=CC[C@H]3C(=O)O)n2)cc1. The summed E-state index contributed by atoms with van der Waals surface area (Å²) in [6.07, 6.45) is 7.97. The Balaban J connectivity index is 1.66. The Bertz CT molecular complexity index is 826. The Hall–Kier alpha value is -2.47. The van der Waals surface area contributed by atoms with Crippen LogP contribution in [0, 0.1) is 11.8 Å². The lowest BCUT2D eigenvalue weighted by molar-refractivity contribution is -0.146. The third-order valence-corrected chi connectivity index (χ3v) is 5.65. The lowest BCUT2D eigenvalue weighted by Crippen LogP contribution is -2.34. The van der Waals surface area contributed by atoms with Gasteiger partial charge in [-0.25, -0.2) is 4.98 Å². The largest absolute Gasteiger partial charge is 0.481 e. The first-order chi connectivity index (χ1) is 13.1. The number of carbonyl (C=O) groups is 2. The van der Waals surface area contributed by atoms with Crippen LogP contribution in [0.25, 0.3) is 11.3 Å². The Morgan fingerprint density at radius 2 is 1.89 bits per heavy atom. The summed E-state index contributed by atoms with van der Waals surface area (Å²) in [5.74, 6) is -2.44. The highest BCUT2D eigenvalue weighted by Crippen LogP contribution is 2.29. The van der Waals surface area contributed by atoms with Gasteiger partial charge >= 0.3 is 5.97 Å². The molecule has 0 fully saturated rings. The second-order valence-electron chi connectivity index (χ2n) is 6.82. The maximum atomic E-state index is 12.5. The maximum Gasteiger partial charge on any atom is 0.307 e. The predicted octanol–water partition coefficient (Wildman–Crippen LogP) is 4.76. The van der Waals surface area contributed by atoms with E-state index in [9.17, 15) is 14.7 Å². The Morgan fingerprint density at radius 3 is 2.56 bits per heavy atom. The second-order valence-corrected chi connectivity index (χ2v) is 7.68. The number of aryl methyl sites for hydroxylation is 1. The summed E-state index contributed by atoms with van der Waals surface area (Å²) < 4.78 is 0. The molecule has 3 rings (SSSR count). The molecule has 5 nitrogen and oxygen atoms in total. The van der Waals surface area contributed by atoms with Gasteiger partial charge < -0.3 is 10.4 Å². The zero-order valence-electron chi connectivity index (χ0n) is 15.4. The summed E-state index contributed by atoms with van der Waals surface area (Å²) in [7, 11) is 0. The monoisotopic (exact) mass is 384 g/mol. The first-order valence-corrected chi connectivity index (χ1v) is 10.2. The summed E-state index contributed by atoms with van der Waals surface area (Å²) in [6.45, 7) is 2.18. The zero-order valence-corrected chi connectivity index (χ0v) is 16.2. The number of nitrogens with one attached hydrogen (secondary N) is 1. The van der Waals surface area contributed by atoms with E-state index < -0.39 is 17.8 Å². The van der Waals surface area contributed by atoms with E-state index in [1.54, 1.807) is 0 Å². The molecular formula is C21H24N2O3S. The molecule has 1 aliphatic carbocycles. The molecule has 1 heterocycles. The highest BCUT2D eigenvalue weighted by molar-refractivity contribution is 7.14. The summed E-state index contributed by atoms with van der Waals surface area (Å²) in [4.78, 5) is 28.4. The van der Waals surface area contributed by atoms with E-state index in [0.717, 1.165) is 17.7 Å². The van der Waals surface area contributed by atoms with Gasteiger partial charge in [0.1, 0.15) is 0 Å². The number of carbonyl (C=O) groups excluding carboxylic acids is 1. The van der Waals surface area contributed by atoms with Crippen molar-refractivity contribution >= 4 is 28.3 Å². The Morgan fingerprint density at radius 1 is 1.19 bits per heavy atom. The molecule has 0 saturated heterocycles. The van der Waals surface area contributed by atoms with Crippen LogP contribution in [0.3, 0.4) is 0 Å². The lowest BCUT2D eigenvalue weighted by Gasteiger charge is -2.23. The van der Waals surface area contributed by atoms with E-state index in [4.69, 9.17) is 0 Å². The van der Waals surface area contributed by atoms with Crippen molar-refractivity contribution in [3.63, 3.8) is 0 Å². The molecule has 0 unspecified atom stereocenters. The van der Waals surface area contributed by atoms with Gasteiger partial charge in [0.25, 0.3) is 0 Å². The quantitative estimate of drug-likeness (QED) is 0.675. The predicted molar refractivity (Wildman–Crippen MR) is 108 cm³/mol. The number of rotatable bonds is 7. The molecular weight excluding hydrogens is 360 g/mol. The minimum atomic E-state index is -0.928. The average molecular weight is 385 g/mol. The molecule has 1 amide bonds. The van der Waals surface area contributed by atoms with Crippen LogP contribution in [0.4, 0.5) is 5.13 Å². The molecule has 1 aromatic heterocycles. The fraction of sp³-hybridized carbons (Fsp3) is 0.381.